The van der Waals surface area contributed by atoms with Crippen LogP contribution in [0.2, 0.25) is 0 Å². The Labute approximate surface area is 464 Å². The third-order valence-corrected chi connectivity index (χ3v) is 15.3. The van der Waals surface area contributed by atoms with Crippen LogP contribution in [0.15, 0.2) is 177 Å². The van der Waals surface area contributed by atoms with E-state index in [1.165, 1.54) is 64.7 Å². The molecule has 0 fully saturated rings. The minimum absolute atomic E-state index is 1.22. The Hall–Kier alpha value is -8.44. The minimum Gasteiger partial charge on any atom is -0.207 e. The zero-order valence-corrected chi connectivity index (χ0v) is 42.7. The normalized spacial score (nSPS) is 11.5. The van der Waals surface area contributed by atoms with Crippen molar-refractivity contribution in [2.24, 2.45) is 0 Å². The van der Waals surface area contributed by atoms with Crippen molar-refractivity contribution in [3.8, 4) is 33.4 Å². The lowest BCUT2D eigenvalue weighted by Crippen LogP contribution is -2.81. The van der Waals surface area contributed by atoms with Gasteiger partial charge in [-0.1, -0.05) is 109 Å². The molecule has 0 nitrogen and oxygen atoms in total. The first-order valence-electron chi connectivity index (χ1n) is 23.7. The molecule has 10 aromatic carbocycles. The quantitative estimate of drug-likeness (QED) is 0.0311. The lowest BCUT2D eigenvalue weighted by atomic mass is 9.12. The lowest BCUT2D eigenvalue weighted by molar-refractivity contribution is 0.378. The van der Waals surface area contributed by atoms with Gasteiger partial charge in [-0.15, -0.1) is 21.9 Å². The van der Waals surface area contributed by atoms with Gasteiger partial charge < -0.3 is 0 Å². The number of hydrogen-bond donors (Lipinski definition) is 0. The first-order chi connectivity index (χ1) is 39.5. The van der Waals surface area contributed by atoms with Crippen molar-refractivity contribution in [1.82, 2.24) is 0 Å². The SMILES string of the molecule is Fc1c(F)c(F)c([B-](c2c(F)c(F)c(F)c(F)c2F)(c2c(F)c(F)c(F)c(F)c2F)c2c(F)c(F)c(F)c(F)c2F)c(F)c1F.c1ccc(-c2ccc(Sc3ccc([SH+]c4ccc(-c5ccccc5-c5ccccc5)cc4)cc3)cc2)cc1. The Morgan fingerprint density at radius 3 is 0.747 bits per heavy atom. The third-order valence-electron chi connectivity index (χ3n) is 13.2. The van der Waals surface area contributed by atoms with Crippen LogP contribution in [0.5, 0.6) is 0 Å². The molecule has 0 saturated heterocycles. The van der Waals surface area contributed by atoms with Crippen LogP contribution in [0, 0.1) is 116 Å². The van der Waals surface area contributed by atoms with E-state index in [9.17, 15) is 52.7 Å². The summed E-state index contributed by atoms with van der Waals surface area (Å²) in [5, 5.41) is 0. The molecular weight excluding hydrogens is 1180 g/mol. The third kappa shape index (κ3) is 10.6. The van der Waals surface area contributed by atoms with Crippen LogP contribution in [-0.2, 0) is 11.8 Å². The van der Waals surface area contributed by atoms with E-state index in [0.29, 0.717) is 0 Å². The van der Waals surface area contributed by atoms with Gasteiger partial charge in [0.25, 0.3) is 0 Å². The summed E-state index contributed by atoms with van der Waals surface area (Å²) < 4.78 is 294. The predicted molar refractivity (Wildman–Crippen MR) is 274 cm³/mol. The zero-order valence-electron chi connectivity index (χ0n) is 41.0. The van der Waals surface area contributed by atoms with Gasteiger partial charge in [0.05, 0.1) is 0 Å². The molecule has 0 amide bonds. The highest BCUT2D eigenvalue weighted by molar-refractivity contribution is 7.99. The van der Waals surface area contributed by atoms with E-state index in [0.717, 1.165) is 0 Å². The molecule has 10 rings (SSSR count). The van der Waals surface area contributed by atoms with Crippen molar-refractivity contribution in [3.05, 3.63) is 274 Å². The highest BCUT2D eigenvalue weighted by Crippen LogP contribution is 2.35. The van der Waals surface area contributed by atoms with E-state index in [-0.39, 0.29) is 0 Å². The van der Waals surface area contributed by atoms with Crippen molar-refractivity contribution < 1.29 is 87.8 Å². The maximum atomic E-state index is 15.4. The van der Waals surface area contributed by atoms with Crippen LogP contribution in [0.4, 0.5) is 87.8 Å². The van der Waals surface area contributed by atoms with Gasteiger partial charge in [-0.3, -0.25) is 0 Å². The van der Waals surface area contributed by atoms with E-state index in [2.05, 4.69) is 158 Å². The molecule has 0 saturated carbocycles. The molecule has 0 heterocycles. The van der Waals surface area contributed by atoms with Crippen molar-refractivity contribution in [3.63, 3.8) is 0 Å². The first-order valence-corrected chi connectivity index (χ1v) is 25.4. The topological polar surface area (TPSA) is 0 Å². The predicted octanol–water partition coefficient (Wildman–Crippen LogP) is 15.9. The molecule has 0 N–H and O–H groups in total. The second-order valence-corrected chi connectivity index (χ2v) is 20.3. The second-order valence-electron chi connectivity index (χ2n) is 17.9. The summed E-state index contributed by atoms with van der Waals surface area (Å²) in [5.74, 6) is -71.4. The molecule has 422 valence electrons. The number of halogens is 20. The lowest BCUT2D eigenvalue weighted by Gasteiger charge is -2.44. The van der Waals surface area contributed by atoms with Crippen molar-refractivity contribution >= 4 is 51.5 Å². The first kappa shape index (κ1) is 59.2. The Bertz CT molecular complexity index is 3730. The van der Waals surface area contributed by atoms with Gasteiger partial charge in [0, 0.05) is 21.6 Å². The van der Waals surface area contributed by atoms with Crippen LogP contribution in [0.25, 0.3) is 33.4 Å². The van der Waals surface area contributed by atoms with Gasteiger partial charge in [-0.25, -0.2) is 87.8 Å². The summed E-state index contributed by atoms with van der Waals surface area (Å²) in [4.78, 5) is 5.10. The van der Waals surface area contributed by atoms with Crippen LogP contribution in [-0.4, -0.2) is 6.15 Å². The van der Waals surface area contributed by atoms with Crippen molar-refractivity contribution in [2.45, 2.75) is 19.6 Å². The Morgan fingerprint density at radius 1 is 0.217 bits per heavy atom. The number of hydrogen-bond acceptors (Lipinski definition) is 1. The molecule has 83 heavy (non-hydrogen) atoms. The standard InChI is InChI=1S/C36H26S2.C24BF20/c1-3-9-27(10-4-1)28-15-19-31(20-16-28)37-33-23-25-34(26-24-33)38-32-21-17-30(18-22-32)36-14-8-7-13-35(36)29-11-5-2-6-12-29;26-5-1(6(27)14(35)21(42)13(5)34)25(2-7(28)15(36)22(43)16(37)8(2)29,3-9(30)17(38)23(44)18(39)10(3)31)4-11(32)19(40)24(45)20(41)12(4)33/h1-26H;/q;-1/p+1. The summed E-state index contributed by atoms with van der Waals surface area (Å²) in [6.07, 6.45) is -7.22. The summed E-state index contributed by atoms with van der Waals surface area (Å²) in [5.41, 5.74) is -6.81. The van der Waals surface area contributed by atoms with Crippen LogP contribution < -0.4 is 21.9 Å². The van der Waals surface area contributed by atoms with Gasteiger partial charge in [-0.05, 0) is 94.0 Å². The van der Waals surface area contributed by atoms with Gasteiger partial charge in [0.1, 0.15) is 52.7 Å². The van der Waals surface area contributed by atoms with E-state index < -0.39 is 144 Å². The molecule has 0 bridgehead atoms. The van der Waals surface area contributed by atoms with E-state index in [1.807, 2.05) is 0 Å². The average Bonchev–Trinajstić information content (AvgIpc) is 1.15. The fraction of sp³-hybridized carbons (Fsp3) is 0. The number of benzene rings is 10. The minimum atomic E-state index is -7.22. The maximum absolute atomic E-state index is 15.4. The summed E-state index contributed by atoms with van der Waals surface area (Å²) >= 11 is 3.02. The largest absolute Gasteiger partial charge is 0.207 e. The van der Waals surface area contributed by atoms with Gasteiger partial charge >= 0.3 is 0 Å². The molecule has 0 atom stereocenters. The molecule has 0 radical (unpaired) electrons. The summed E-state index contributed by atoms with van der Waals surface area (Å²) in [6.45, 7) is 0. The van der Waals surface area contributed by atoms with Crippen LogP contribution in [0.3, 0.4) is 0 Å². The average molecular weight is 1200 g/mol. The summed E-state index contributed by atoms with van der Waals surface area (Å²) in [6, 6.07) is 56.5. The molecule has 23 heteroatoms. The van der Waals surface area contributed by atoms with Crippen molar-refractivity contribution in [2.75, 3.05) is 0 Å². The Kier molecular flexibility index (Phi) is 17.0. The molecule has 0 aromatic heterocycles. The van der Waals surface area contributed by atoms with E-state index in [1.54, 1.807) is 11.8 Å². The maximum Gasteiger partial charge on any atom is 0.200 e. The monoisotopic (exact) mass is 1200 g/mol. The second kappa shape index (κ2) is 23.8. The Morgan fingerprint density at radius 2 is 0.434 bits per heavy atom. The zero-order chi connectivity index (χ0) is 59.9. The fourth-order valence-electron chi connectivity index (χ4n) is 9.41. The molecular formula is C60H27BF20S2. The van der Waals surface area contributed by atoms with Crippen LogP contribution in [0.1, 0.15) is 0 Å². The van der Waals surface area contributed by atoms with Gasteiger partial charge in [0.15, 0.2) is 79.6 Å². The van der Waals surface area contributed by atoms with Gasteiger partial charge in [-0.2, -0.15) is 0 Å². The molecule has 10 aromatic rings. The fourth-order valence-corrected chi connectivity index (χ4v) is 11.1. The molecule has 0 unspecified atom stereocenters. The Balaban J connectivity index is 0.000000202. The van der Waals surface area contributed by atoms with Crippen LogP contribution >= 0.6 is 11.8 Å². The van der Waals surface area contributed by atoms with Gasteiger partial charge in [0.2, 0.25) is 0 Å². The molecule has 0 aliphatic rings. The van der Waals surface area contributed by atoms with E-state index in [4.69, 9.17) is 0 Å². The summed E-state index contributed by atoms with van der Waals surface area (Å²) in [7, 11) is 0. The molecule has 0 aliphatic heterocycles. The highest BCUT2D eigenvalue weighted by Gasteiger charge is 2.52. The molecule has 0 spiro atoms. The highest BCUT2D eigenvalue weighted by atomic mass is 32.2. The smallest absolute Gasteiger partial charge is 0.200 e. The number of rotatable bonds is 11. The number of thiol groups is 1. The molecule has 0 aliphatic carbocycles. The van der Waals surface area contributed by atoms with E-state index >= 15 is 35.1 Å². The van der Waals surface area contributed by atoms with Crippen molar-refractivity contribution in [1.29, 1.82) is 0 Å².